The number of rotatable bonds is 4. The van der Waals surface area contributed by atoms with Crippen molar-refractivity contribution in [1.82, 2.24) is 5.16 Å². The van der Waals surface area contributed by atoms with E-state index in [9.17, 15) is 4.79 Å². The molecule has 0 N–H and O–H groups in total. The van der Waals surface area contributed by atoms with Gasteiger partial charge in [-0.15, -0.1) is 0 Å². The van der Waals surface area contributed by atoms with Crippen LogP contribution in [0.4, 0.5) is 4.79 Å². The van der Waals surface area contributed by atoms with E-state index in [0.717, 1.165) is 6.42 Å². The molecule has 0 unspecified atom stereocenters. The lowest BCUT2D eigenvalue weighted by atomic mass is 10.5. The highest BCUT2D eigenvalue weighted by Crippen LogP contribution is 2.18. The van der Waals surface area contributed by atoms with Gasteiger partial charge < -0.3 is 18.7 Å². The molecule has 0 bridgehead atoms. The van der Waals surface area contributed by atoms with Crippen LogP contribution in [0.2, 0.25) is 0 Å². The van der Waals surface area contributed by atoms with E-state index in [-0.39, 0.29) is 11.8 Å². The van der Waals surface area contributed by atoms with E-state index in [1.807, 2.05) is 6.92 Å². The summed E-state index contributed by atoms with van der Waals surface area (Å²) in [5, 5.41) is 3.51. The molecule has 1 rings (SSSR count). The van der Waals surface area contributed by atoms with E-state index in [0.29, 0.717) is 6.61 Å². The summed E-state index contributed by atoms with van der Waals surface area (Å²) in [4.78, 5) is 10.6. The monoisotopic (exact) mass is 201 g/mol. The topological polar surface area (TPSA) is 70.8 Å². The van der Waals surface area contributed by atoms with Crippen LogP contribution in [0.3, 0.4) is 0 Å². The Morgan fingerprint density at radius 1 is 1.64 bits per heavy atom. The molecule has 0 saturated carbocycles. The summed E-state index contributed by atoms with van der Waals surface area (Å²) in [6.45, 7) is 2.50. The molecule has 0 aromatic carbocycles. The van der Waals surface area contributed by atoms with E-state index in [2.05, 4.69) is 19.2 Å². The van der Waals surface area contributed by atoms with Gasteiger partial charge in [-0.3, -0.25) is 0 Å². The largest absolute Gasteiger partial charge is 0.516 e. The van der Waals surface area contributed by atoms with Gasteiger partial charge in [0.05, 0.1) is 19.8 Å². The second-order valence-electron chi connectivity index (χ2n) is 2.39. The highest BCUT2D eigenvalue weighted by Gasteiger charge is 2.10. The van der Waals surface area contributed by atoms with Crippen molar-refractivity contribution in [3.8, 4) is 11.8 Å². The van der Waals surface area contributed by atoms with Gasteiger partial charge in [0.2, 0.25) is 0 Å². The molecule has 0 aliphatic rings. The van der Waals surface area contributed by atoms with E-state index < -0.39 is 6.16 Å². The first-order chi connectivity index (χ1) is 6.76. The number of methoxy groups -OCH3 is 1. The fraction of sp³-hybridized carbons (Fsp3) is 0.500. The van der Waals surface area contributed by atoms with E-state index in [1.54, 1.807) is 0 Å². The van der Waals surface area contributed by atoms with Crippen LogP contribution in [0.5, 0.6) is 11.8 Å². The minimum Gasteiger partial charge on any atom is -0.475 e. The van der Waals surface area contributed by atoms with Crippen molar-refractivity contribution in [1.29, 1.82) is 0 Å². The maximum Gasteiger partial charge on any atom is 0.516 e. The van der Waals surface area contributed by atoms with Gasteiger partial charge in [-0.25, -0.2) is 4.79 Å². The van der Waals surface area contributed by atoms with Crippen LogP contribution in [0.25, 0.3) is 0 Å². The zero-order chi connectivity index (χ0) is 10.4. The second-order valence-corrected chi connectivity index (χ2v) is 2.39. The molecule has 0 amide bonds. The maximum atomic E-state index is 10.6. The number of nitrogens with zero attached hydrogens (tertiary/aromatic N) is 1. The lowest BCUT2D eigenvalue weighted by Crippen LogP contribution is -2.06. The average Bonchev–Trinajstić information content (AvgIpc) is 2.62. The Hall–Kier alpha value is -1.72. The van der Waals surface area contributed by atoms with Crippen molar-refractivity contribution in [2.24, 2.45) is 0 Å². The SMILES string of the molecule is CCCOc1cc(OC(=O)OC)on1. The molecule has 6 heteroatoms. The summed E-state index contributed by atoms with van der Waals surface area (Å²) >= 11 is 0. The molecule has 0 radical (unpaired) electrons. The summed E-state index contributed by atoms with van der Waals surface area (Å²) in [6.07, 6.45) is 0.00301. The smallest absolute Gasteiger partial charge is 0.475 e. The van der Waals surface area contributed by atoms with Gasteiger partial charge in [0.15, 0.2) is 0 Å². The number of carbonyl (C=O) groups is 1. The summed E-state index contributed by atoms with van der Waals surface area (Å²) in [6, 6.07) is 1.37. The molecule has 0 atom stereocenters. The Balaban J connectivity index is 2.46. The van der Waals surface area contributed by atoms with Crippen molar-refractivity contribution in [2.75, 3.05) is 13.7 Å². The summed E-state index contributed by atoms with van der Waals surface area (Å²) in [7, 11) is 1.20. The van der Waals surface area contributed by atoms with Gasteiger partial charge in [0.1, 0.15) is 0 Å². The molecule has 0 spiro atoms. The molecule has 0 fully saturated rings. The van der Waals surface area contributed by atoms with E-state index in [1.165, 1.54) is 13.2 Å². The van der Waals surface area contributed by atoms with Gasteiger partial charge in [-0.2, -0.15) is 0 Å². The van der Waals surface area contributed by atoms with Crippen molar-refractivity contribution in [3.63, 3.8) is 0 Å². The summed E-state index contributed by atoms with van der Waals surface area (Å²) in [5.74, 6) is 0.230. The lowest BCUT2D eigenvalue weighted by molar-refractivity contribution is 0.107. The molecule has 1 heterocycles. The first-order valence-corrected chi connectivity index (χ1v) is 4.11. The Morgan fingerprint density at radius 3 is 3.07 bits per heavy atom. The third kappa shape index (κ3) is 2.96. The normalized spacial score (nSPS) is 9.57. The molecule has 0 aliphatic heterocycles. The standard InChI is InChI=1S/C8H11NO5/c1-3-4-12-6-5-7(14-9-6)13-8(10)11-2/h5H,3-4H2,1-2H3. The van der Waals surface area contributed by atoms with Gasteiger partial charge in [-0.05, 0) is 11.6 Å². The fourth-order valence-corrected chi connectivity index (χ4v) is 0.690. The molecule has 78 valence electrons. The molecule has 6 nitrogen and oxygen atoms in total. The highest BCUT2D eigenvalue weighted by atomic mass is 16.8. The highest BCUT2D eigenvalue weighted by molar-refractivity contribution is 5.62. The summed E-state index contributed by atoms with van der Waals surface area (Å²) < 4.78 is 18.6. The Bertz CT molecular complexity index is 296. The quantitative estimate of drug-likeness (QED) is 0.689. The molecular formula is C8H11NO5. The van der Waals surface area contributed by atoms with Crippen LogP contribution >= 0.6 is 0 Å². The van der Waals surface area contributed by atoms with Crippen molar-refractivity contribution < 1.29 is 23.5 Å². The van der Waals surface area contributed by atoms with E-state index in [4.69, 9.17) is 4.74 Å². The molecule has 0 aliphatic carbocycles. The lowest BCUT2D eigenvalue weighted by Gasteiger charge is -1.95. The van der Waals surface area contributed by atoms with E-state index >= 15 is 0 Å². The molecule has 14 heavy (non-hydrogen) atoms. The average molecular weight is 201 g/mol. The fourth-order valence-electron chi connectivity index (χ4n) is 0.690. The predicted molar refractivity (Wildman–Crippen MR) is 45.3 cm³/mol. The zero-order valence-corrected chi connectivity index (χ0v) is 7.98. The summed E-state index contributed by atoms with van der Waals surface area (Å²) in [5.41, 5.74) is 0. The molecular weight excluding hydrogens is 190 g/mol. The number of aromatic nitrogens is 1. The molecule has 1 aromatic heterocycles. The predicted octanol–water partition coefficient (Wildman–Crippen LogP) is 1.61. The van der Waals surface area contributed by atoms with Gasteiger partial charge >= 0.3 is 12.1 Å². The van der Waals surface area contributed by atoms with Crippen molar-refractivity contribution >= 4 is 6.16 Å². The van der Waals surface area contributed by atoms with Crippen molar-refractivity contribution in [3.05, 3.63) is 6.07 Å². The van der Waals surface area contributed by atoms with Crippen LogP contribution in [-0.2, 0) is 4.74 Å². The van der Waals surface area contributed by atoms with Crippen LogP contribution < -0.4 is 9.47 Å². The number of carbonyl (C=O) groups excluding carboxylic acids is 1. The van der Waals surface area contributed by atoms with Gasteiger partial charge in [0.25, 0.3) is 5.88 Å². The maximum absolute atomic E-state index is 10.6. The van der Waals surface area contributed by atoms with Crippen LogP contribution in [-0.4, -0.2) is 25.0 Å². The first-order valence-electron chi connectivity index (χ1n) is 4.11. The third-order valence-electron chi connectivity index (χ3n) is 1.27. The van der Waals surface area contributed by atoms with Gasteiger partial charge in [0, 0.05) is 0 Å². The van der Waals surface area contributed by atoms with Crippen LogP contribution in [0.1, 0.15) is 13.3 Å². The zero-order valence-electron chi connectivity index (χ0n) is 7.98. The first kappa shape index (κ1) is 10.4. The Kier molecular flexibility index (Phi) is 3.78. The van der Waals surface area contributed by atoms with Crippen LogP contribution in [0.15, 0.2) is 10.6 Å². The molecule has 0 saturated heterocycles. The second kappa shape index (κ2) is 5.11. The molecule has 1 aromatic rings. The third-order valence-corrected chi connectivity index (χ3v) is 1.27. The number of ether oxygens (including phenoxy) is 3. The Morgan fingerprint density at radius 2 is 2.43 bits per heavy atom. The number of hydrogen-bond acceptors (Lipinski definition) is 6. The van der Waals surface area contributed by atoms with Crippen LogP contribution in [0, 0.1) is 0 Å². The Labute approximate surface area is 80.7 Å². The number of hydrogen-bond donors (Lipinski definition) is 0. The minimum atomic E-state index is -0.858. The van der Waals surface area contributed by atoms with Gasteiger partial charge in [-0.1, -0.05) is 6.92 Å². The minimum absolute atomic E-state index is 0.0528. The van der Waals surface area contributed by atoms with Crippen molar-refractivity contribution in [2.45, 2.75) is 13.3 Å².